The van der Waals surface area contributed by atoms with Gasteiger partial charge >= 0.3 is 0 Å². The van der Waals surface area contributed by atoms with E-state index in [-0.39, 0.29) is 17.0 Å². The first-order valence-corrected chi connectivity index (χ1v) is 7.88. The molecule has 0 unspecified atom stereocenters. The van der Waals surface area contributed by atoms with Crippen molar-refractivity contribution in [1.82, 2.24) is 14.6 Å². The van der Waals surface area contributed by atoms with E-state index in [0.717, 1.165) is 0 Å². The second-order valence-electron chi connectivity index (χ2n) is 6.24. The maximum absolute atomic E-state index is 14.1. The third kappa shape index (κ3) is 2.75. The zero-order valence-corrected chi connectivity index (χ0v) is 13.4. The van der Waals surface area contributed by atoms with Crippen LogP contribution in [0.5, 0.6) is 0 Å². The van der Waals surface area contributed by atoms with Crippen LogP contribution in [0, 0.1) is 5.82 Å². The maximum Gasteiger partial charge on any atom is 0.267 e. The van der Waals surface area contributed by atoms with Crippen LogP contribution in [0.1, 0.15) is 28.4 Å². The van der Waals surface area contributed by atoms with E-state index in [0.29, 0.717) is 5.56 Å². The molecule has 0 bridgehead atoms. The van der Waals surface area contributed by atoms with Crippen molar-refractivity contribution in [1.29, 1.82) is 0 Å². The fourth-order valence-corrected chi connectivity index (χ4v) is 3.26. The van der Waals surface area contributed by atoms with Crippen molar-refractivity contribution >= 4 is 17.4 Å². The van der Waals surface area contributed by atoms with Crippen molar-refractivity contribution in [3.8, 4) is 0 Å². The summed E-state index contributed by atoms with van der Waals surface area (Å²) in [5.41, 5.74) is 6.02. The summed E-state index contributed by atoms with van der Waals surface area (Å²) in [6.07, 6.45) is 2.34. The van der Waals surface area contributed by atoms with E-state index in [1.807, 2.05) is 0 Å². The number of alkyl halides is 2. The Kier molecular flexibility index (Phi) is 3.60. The van der Waals surface area contributed by atoms with E-state index in [4.69, 9.17) is 5.73 Å². The average Bonchev–Trinajstić information content (AvgIpc) is 3.14. The van der Waals surface area contributed by atoms with Crippen molar-refractivity contribution in [2.45, 2.75) is 18.4 Å². The summed E-state index contributed by atoms with van der Waals surface area (Å²) >= 11 is 0. The summed E-state index contributed by atoms with van der Waals surface area (Å²) in [5, 5.41) is 3.96. The Bertz CT molecular complexity index is 1000. The molecule has 3 aromatic rings. The number of amides is 1. The van der Waals surface area contributed by atoms with Gasteiger partial charge in [0.1, 0.15) is 17.2 Å². The van der Waals surface area contributed by atoms with Crippen LogP contribution in [0.25, 0.3) is 5.65 Å². The Hall–Kier alpha value is -3.10. The lowest BCUT2D eigenvalue weighted by molar-refractivity contribution is 0.0222. The Balaban J connectivity index is 1.80. The van der Waals surface area contributed by atoms with Gasteiger partial charge in [0.05, 0.1) is 18.8 Å². The molecule has 0 aliphatic carbocycles. The third-order valence-electron chi connectivity index (χ3n) is 4.42. The number of aromatic nitrogens is 3. The van der Waals surface area contributed by atoms with E-state index in [1.165, 1.54) is 46.1 Å². The van der Waals surface area contributed by atoms with Crippen molar-refractivity contribution in [3.63, 3.8) is 0 Å². The molecule has 0 spiro atoms. The zero-order valence-electron chi connectivity index (χ0n) is 13.4. The lowest BCUT2D eigenvalue weighted by atomic mass is 10.0. The second-order valence-corrected chi connectivity index (χ2v) is 6.24. The normalized spacial score (nSPS) is 19.2. The van der Waals surface area contributed by atoms with Gasteiger partial charge in [0.2, 0.25) is 0 Å². The SMILES string of the molecule is NC(=O)c1cnn2ccc(N3CC(F)(F)C[C@@H]3c3cccc(F)c3)nc12. The number of hydrogen-bond acceptors (Lipinski definition) is 4. The first-order chi connectivity index (χ1) is 12.3. The van der Waals surface area contributed by atoms with Gasteiger partial charge in [-0.1, -0.05) is 12.1 Å². The van der Waals surface area contributed by atoms with Crippen molar-refractivity contribution in [3.05, 3.63) is 59.7 Å². The van der Waals surface area contributed by atoms with Gasteiger partial charge < -0.3 is 10.6 Å². The molecule has 1 atom stereocenters. The number of halogens is 3. The van der Waals surface area contributed by atoms with Crippen molar-refractivity contribution < 1.29 is 18.0 Å². The van der Waals surface area contributed by atoms with Crippen molar-refractivity contribution in [2.75, 3.05) is 11.4 Å². The summed E-state index contributed by atoms with van der Waals surface area (Å²) in [5.74, 6) is -3.91. The molecule has 6 nitrogen and oxygen atoms in total. The molecule has 1 saturated heterocycles. The smallest absolute Gasteiger partial charge is 0.267 e. The standard InChI is InChI=1S/C17H14F3N5O/c18-11-3-1-2-10(6-11)13-7-17(19,20)9-24(13)14-4-5-25-16(23-14)12(8-22-25)15(21)26/h1-6,8,13H,7,9H2,(H2,21,26)/t13-/m1/s1. The highest BCUT2D eigenvalue weighted by Crippen LogP contribution is 2.43. The highest BCUT2D eigenvalue weighted by molar-refractivity contribution is 5.98. The van der Waals surface area contributed by atoms with Gasteiger partial charge in [0.15, 0.2) is 5.65 Å². The topological polar surface area (TPSA) is 76.5 Å². The molecule has 1 aliphatic rings. The molecule has 1 aliphatic heterocycles. The molecule has 2 aromatic heterocycles. The largest absolute Gasteiger partial charge is 0.365 e. The number of carbonyl (C=O) groups is 1. The second kappa shape index (κ2) is 5.72. The first-order valence-electron chi connectivity index (χ1n) is 7.88. The number of fused-ring (bicyclic) bond motifs is 1. The molecule has 134 valence electrons. The number of hydrogen-bond donors (Lipinski definition) is 1. The summed E-state index contributed by atoms with van der Waals surface area (Å²) in [6.45, 7) is -0.558. The summed E-state index contributed by atoms with van der Waals surface area (Å²) in [4.78, 5) is 17.2. The number of benzene rings is 1. The minimum absolute atomic E-state index is 0.0973. The highest BCUT2D eigenvalue weighted by atomic mass is 19.3. The third-order valence-corrected chi connectivity index (χ3v) is 4.42. The van der Waals surface area contributed by atoms with Crippen LogP contribution in [0.15, 0.2) is 42.7 Å². The van der Waals surface area contributed by atoms with E-state index >= 15 is 0 Å². The van der Waals surface area contributed by atoms with Crippen molar-refractivity contribution in [2.24, 2.45) is 5.73 Å². The lowest BCUT2D eigenvalue weighted by Crippen LogP contribution is -2.27. The number of carbonyl (C=O) groups excluding carboxylic acids is 1. The van der Waals surface area contributed by atoms with Gasteiger partial charge in [-0.3, -0.25) is 4.79 Å². The molecule has 1 amide bonds. The molecule has 2 N–H and O–H groups in total. The highest BCUT2D eigenvalue weighted by Gasteiger charge is 2.46. The van der Waals surface area contributed by atoms with E-state index in [2.05, 4.69) is 10.1 Å². The van der Waals surface area contributed by atoms with E-state index < -0.39 is 36.7 Å². The Labute approximate surface area is 146 Å². The minimum atomic E-state index is -2.95. The molecule has 1 aromatic carbocycles. The zero-order chi connectivity index (χ0) is 18.5. The molecule has 4 rings (SSSR count). The molecule has 9 heteroatoms. The average molecular weight is 361 g/mol. The van der Waals surface area contributed by atoms with Gasteiger partial charge in [-0.05, 0) is 23.8 Å². The van der Waals surface area contributed by atoms with Gasteiger partial charge in [-0.25, -0.2) is 22.7 Å². The van der Waals surface area contributed by atoms with Crippen LogP contribution in [0.2, 0.25) is 0 Å². The molecular formula is C17H14F3N5O. The van der Waals surface area contributed by atoms with Crippen LogP contribution in [0.4, 0.5) is 19.0 Å². The van der Waals surface area contributed by atoms with Crippen LogP contribution in [-0.2, 0) is 0 Å². The van der Waals surface area contributed by atoms with Crippen LogP contribution in [0.3, 0.4) is 0 Å². The fourth-order valence-electron chi connectivity index (χ4n) is 3.26. The lowest BCUT2D eigenvalue weighted by Gasteiger charge is -2.25. The summed E-state index contributed by atoms with van der Waals surface area (Å²) in [7, 11) is 0. The number of nitrogens with zero attached hydrogens (tertiary/aromatic N) is 4. The van der Waals surface area contributed by atoms with Gasteiger partial charge in [-0.2, -0.15) is 5.10 Å². The number of rotatable bonds is 3. The predicted octanol–water partition coefficient (Wildman–Crippen LogP) is 2.55. The minimum Gasteiger partial charge on any atom is -0.365 e. The van der Waals surface area contributed by atoms with Gasteiger partial charge in [0, 0.05) is 12.6 Å². The van der Waals surface area contributed by atoms with Gasteiger partial charge in [0.25, 0.3) is 11.8 Å². The Morgan fingerprint density at radius 3 is 2.85 bits per heavy atom. The number of primary amides is 1. The number of anilines is 1. The molecular weight excluding hydrogens is 347 g/mol. The van der Waals surface area contributed by atoms with Crippen LogP contribution in [-0.4, -0.2) is 33.0 Å². The number of nitrogens with two attached hydrogens (primary N) is 1. The van der Waals surface area contributed by atoms with Gasteiger partial charge in [-0.15, -0.1) is 0 Å². The predicted molar refractivity (Wildman–Crippen MR) is 87.6 cm³/mol. The van der Waals surface area contributed by atoms with Crippen LogP contribution >= 0.6 is 0 Å². The van der Waals surface area contributed by atoms with E-state index in [9.17, 15) is 18.0 Å². The molecule has 0 radical (unpaired) electrons. The maximum atomic E-state index is 14.1. The summed E-state index contributed by atoms with van der Waals surface area (Å²) < 4.78 is 43.2. The van der Waals surface area contributed by atoms with E-state index in [1.54, 1.807) is 6.07 Å². The fraction of sp³-hybridized carbons (Fsp3) is 0.235. The van der Waals surface area contributed by atoms with Crippen LogP contribution < -0.4 is 10.6 Å². The quantitative estimate of drug-likeness (QED) is 0.778. The molecule has 1 fully saturated rings. The first kappa shape index (κ1) is 16.4. The Morgan fingerprint density at radius 2 is 2.12 bits per heavy atom. The monoisotopic (exact) mass is 361 g/mol. The molecule has 0 saturated carbocycles. The molecule has 26 heavy (non-hydrogen) atoms. The Morgan fingerprint density at radius 1 is 1.31 bits per heavy atom. The summed E-state index contributed by atoms with van der Waals surface area (Å²) in [6, 6.07) is 6.38. The molecule has 3 heterocycles.